The van der Waals surface area contributed by atoms with Crippen molar-refractivity contribution in [2.45, 2.75) is 31.1 Å². The molecule has 0 bridgehead atoms. The van der Waals surface area contributed by atoms with Gasteiger partial charge in [0.15, 0.2) is 5.82 Å². The Bertz CT molecular complexity index is 872. The van der Waals surface area contributed by atoms with Crippen molar-refractivity contribution in [1.82, 2.24) is 14.5 Å². The monoisotopic (exact) mass is 358 g/mol. The van der Waals surface area contributed by atoms with Crippen LogP contribution in [0.2, 0.25) is 0 Å². The van der Waals surface area contributed by atoms with Crippen LogP contribution in [0.3, 0.4) is 0 Å². The van der Waals surface area contributed by atoms with E-state index < -0.39 is 10.0 Å². The molecule has 1 saturated heterocycles. The van der Waals surface area contributed by atoms with Crippen LogP contribution >= 0.6 is 0 Å². The summed E-state index contributed by atoms with van der Waals surface area (Å²) < 4.78 is 27.1. The fraction of sp³-hybridized carbons (Fsp3) is 0.444. The van der Waals surface area contributed by atoms with Gasteiger partial charge in [0.2, 0.25) is 10.0 Å². The Morgan fingerprint density at radius 1 is 0.960 bits per heavy atom. The van der Waals surface area contributed by atoms with E-state index in [0.717, 1.165) is 36.3 Å². The summed E-state index contributed by atoms with van der Waals surface area (Å²) in [6, 6.07) is 9.16. The fourth-order valence-corrected chi connectivity index (χ4v) is 4.91. The SMILES string of the molecule is Cc1ccc(S(=O)(=O)N2CCN(c3cc4c(nn3)CCC4)CC2)cc1. The van der Waals surface area contributed by atoms with Gasteiger partial charge in [-0.3, -0.25) is 0 Å². The van der Waals surface area contributed by atoms with Crippen molar-refractivity contribution in [2.75, 3.05) is 31.1 Å². The Labute approximate surface area is 148 Å². The first-order valence-electron chi connectivity index (χ1n) is 8.71. The highest BCUT2D eigenvalue weighted by atomic mass is 32.2. The van der Waals surface area contributed by atoms with Gasteiger partial charge in [-0.2, -0.15) is 9.40 Å². The van der Waals surface area contributed by atoms with Crippen LogP contribution in [-0.4, -0.2) is 49.1 Å². The molecule has 0 saturated carbocycles. The van der Waals surface area contributed by atoms with Gasteiger partial charge in [0.05, 0.1) is 10.6 Å². The molecule has 0 amide bonds. The zero-order valence-corrected chi connectivity index (χ0v) is 15.2. The van der Waals surface area contributed by atoms with Crippen LogP contribution in [0.4, 0.5) is 5.82 Å². The van der Waals surface area contributed by atoms with E-state index in [1.807, 2.05) is 19.1 Å². The predicted molar refractivity (Wildman–Crippen MR) is 96.2 cm³/mol. The summed E-state index contributed by atoms with van der Waals surface area (Å²) in [5, 5.41) is 8.67. The van der Waals surface area contributed by atoms with E-state index in [-0.39, 0.29) is 0 Å². The number of piperazine rings is 1. The summed E-state index contributed by atoms with van der Waals surface area (Å²) in [5.41, 5.74) is 3.46. The molecular weight excluding hydrogens is 336 g/mol. The lowest BCUT2D eigenvalue weighted by atomic mass is 10.2. The van der Waals surface area contributed by atoms with Crippen molar-refractivity contribution in [3.8, 4) is 0 Å². The van der Waals surface area contributed by atoms with Gasteiger partial charge in [-0.25, -0.2) is 8.42 Å². The summed E-state index contributed by atoms with van der Waals surface area (Å²) in [5.74, 6) is 0.869. The molecule has 25 heavy (non-hydrogen) atoms. The van der Waals surface area contributed by atoms with Crippen LogP contribution in [0.5, 0.6) is 0 Å². The third-order valence-electron chi connectivity index (χ3n) is 5.03. The highest BCUT2D eigenvalue weighted by molar-refractivity contribution is 7.89. The van der Waals surface area contributed by atoms with E-state index in [2.05, 4.69) is 21.2 Å². The first-order valence-corrected chi connectivity index (χ1v) is 10.2. The van der Waals surface area contributed by atoms with Crippen molar-refractivity contribution in [2.24, 2.45) is 0 Å². The van der Waals surface area contributed by atoms with Gasteiger partial charge in [0, 0.05) is 26.2 Å². The molecule has 0 atom stereocenters. The van der Waals surface area contributed by atoms with Gasteiger partial charge in [-0.15, -0.1) is 5.10 Å². The molecular formula is C18H22N4O2S. The summed E-state index contributed by atoms with van der Waals surface area (Å²) in [4.78, 5) is 2.50. The average molecular weight is 358 g/mol. The molecule has 4 rings (SSSR count). The van der Waals surface area contributed by atoms with Crippen molar-refractivity contribution in [3.63, 3.8) is 0 Å². The van der Waals surface area contributed by atoms with Crippen LogP contribution in [-0.2, 0) is 22.9 Å². The van der Waals surface area contributed by atoms with E-state index in [9.17, 15) is 8.42 Å². The number of benzene rings is 1. The number of aryl methyl sites for hydroxylation is 3. The van der Waals surface area contributed by atoms with Crippen molar-refractivity contribution in [1.29, 1.82) is 0 Å². The Hall–Kier alpha value is -1.99. The molecule has 2 heterocycles. The molecule has 1 aromatic heterocycles. The first-order chi connectivity index (χ1) is 12.0. The molecule has 0 unspecified atom stereocenters. The summed E-state index contributed by atoms with van der Waals surface area (Å²) in [7, 11) is -3.42. The quantitative estimate of drug-likeness (QED) is 0.837. The van der Waals surface area contributed by atoms with Crippen molar-refractivity contribution < 1.29 is 8.42 Å². The maximum atomic E-state index is 12.8. The van der Waals surface area contributed by atoms with Crippen LogP contribution in [0.1, 0.15) is 23.2 Å². The largest absolute Gasteiger partial charge is 0.352 e. The number of hydrogen-bond acceptors (Lipinski definition) is 5. The Balaban J connectivity index is 1.47. The van der Waals surface area contributed by atoms with Gasteiger partial charge in [-0.1, -0.05) is 17.7 Å². The van der Waals surface area contributed by atoms with Gasteiger partial charge < -0.3 is 4.90 Å². The molecule has 0 N–H and O–H groups in total. The lowest BCUT2D eigenvalue weighted by molar-refractivity contribution is 0.383. The molecule has 1 fully saturated rings. The summed E-state index contributed by atoms with van der Waals surface area (Å²) in [6.07, 6.45) is 3.24. The normalized spacial score (nSPS) is 18.4. The van der Waals surface area contributed by atoms with Crippen molar-refractivity contribution in [3.05, 3.63) is 47.2 Å². The van der Waals surface area contributed by atoms with Gasteiger partial charge in [-0.05, 0) is 49.9 Å². The summed E-state index contributed by atoms with van der Waals surface area (Å²) in [6.45, 7) is 4.16. The molecule has 6 nitrogen and oxygen atoms in total. The number of aromatic nitrogens is 2. The number of nitrogens with zero attached hydrogens (tertiary/aromatic N) is 4. The van der Waals surface area contributed by atoms with E-state index >= 15 is 0 Å². The van der Waals surface area contributed by atoms with Crippen LogP contribution in [0.15, 0.2) is 35.2 Å². The molecule has 132 valence electrons. The smallest absolute Gasteiger partial charge is 0.243 e. The summed E-state index contributed by atoms with van der Waals surface area (Å²) >= 11 is 0. The van der Waals surface area contributed by atoms with Gasteiger partial charge in [0.1, 0.15) is 0 Å². The number of rotatable bonds is 3. The van der Waals surface area contributed by atoms with Crippen LogP contribution < -0.4 is 4.90 Å². The third kappa shape index (κ3) is 3.14. The van der Waals surface area contributed by atoms with Gasteiger partial charge >= 0.3 is 0 Å². The molecule has 2 aliphatic rings. The second-order valence-electron chi connectivity index (χ2n) is 6.73. The van der Waals surface area contributed by atoms with E-state index in [0.29, 0.717) is 31.1 Å². The Kier molecular flexibility index (Phi) is 4.21. The molecule has 1 aromatic carbocycles. The van der Waals surface area contributed by atoms with Crippen molar-refractivity contribution >= 4 is 15.8 Å². The van der Waals surface area contributed by atoms with Crippen LogP contribution in [0, 0.1) is 6.92 Å². The highest BCUT2D eigenvalue weighted by Gasteiger charge is 2.29. The Morgan fingerprint density at radius 2 is 1.68 bits per heavy atom. The van der Waals surface area contributed by atoms with Gasteiger partial charge in [0.25, 0.3) is 0 Å². The number of sulfonamides is 1. The molecule has 7 heteroatoms. The first kappa shape index (κ1) is 16.5. The molecule has 2 aromatic rings. The fourth-order valence-electron chi connectivity index (χ4n) is 3.49. The molecule has 1 aliphatic carbocycles. The molecule has 0 radical (unpaired) electrons. The maximum absolute atomic E-state index is 12.8. The zero-order valence-electron chi connectivity index (χ0n) is 14.4. The standard InChI is InChI=1S/C18H22N4O2S/c1-14-5-7-16(8-6-14)25(23,24)22-11-9-21(10-12-22)18-13-15-3-2-4-17(15)19-20-18/h5-8,13H,2-4,9-12H2,1H3. The molecule has 1 aliphatic heterocycles. The number of hydrogen-bond donors (Lipinski definition) is 0. The topological polar surface area (TPSA) is 66.4 Å². The third-order valence-corrected chi connectivity index (χ3v) is 6.94. The van der Waals surface area contributed by atoms with E-state index in [1.54, 1.807) is 16.4 Å². The predicted octanol–water partition coefficient (Wildman–Crippen LogP) is 1.78. The minimum atomic E-state index is -3.42. The van der Waals surface area contributed by atoms with Crippen LogP contribution in [0.25, 0.3) is 0 Å². The van der Waals surface area contributed by atoms with E-state index in [1.165, 1.54) is 5.56 Å². The highest BCUT2D eigenvalue weighted by Crippen LogP contribution is 2.24. The lowest BCUT2D eigenvalue weighted by Crippen LogP contribution is -2.49. The minimum absolute atomic E-state index is 0.365. The number of anilines is 1. The maximum Gasteiger partial charge on any atom is 0.243 e. The minimum Gasteiger partial charge on any atom is -0.352 e. The second kappa shape index (κ2) is 6.38. The average Bonchev–Trinajstić information content (AvgIpc) is 3.10. The van der Waals surface area contributed by atoms with E-state index in [4.69, 9.17) is 0 Å². The number of fused-ring (bicyclic) bond motifs is 1. The lowest BCUT2D eigenvalue weighted by Gasteiger charge is -2.34. The zero-order chi connectivity index (χ0) is 17.4. The molecule has 0 spiro atoms. The Morgan fingerprint density at radius 3 is 2.40 bits per heavy atom. The second-order valence-corrected chi connectivity index (χ2v) is 8.67.